The van der Waals surface area contributed by atoms with Gasteiger partial charge in [-0.15, -0.1) is 11.3 Å². The highest BCUT2D eigenvalue weighted by Gasteiger charge is 2.23. The van der Waals surface area contributed by atoms with Gasteiger partial charge < -0.3 is 15.2 Å². The molecule has 1 rings (SSSR count). The fraction of sp³-hybridized carbons (Fsp3) is 0.500. The van der Waals surface area contributed by atoms with Gasteiger partial charge in [0.05, 0.1) is 12.0 Å². The van der Waals surface area contributed by atoms with Gasteiger partial charge in [-0.3, -0.25) is 9.59 Å². The van der Waals surface area contributed by atoms with E-state index in [-0.39, 0.29) is 12.3 Å². The maximum atomic E-state index is 11.9. The molecule has 100 valence electrons. The predicted molar refractivity (Wildman–Crippen MR) is 69.3 cm³/mol. The number of thiophene rings is 1. The lowest BCUT2D eigenvalue weighted by atomic mass is 9.98. The van der Waals surface area contributed by atoms with E-state index in [0.29, 0.717) is 17.0 Å². The lowest BCUT2D eigenvalue weighted by Gasteiger charge is -2.25. The van der Waals surface area contributed by atoms with Gasteiger partial charge in [0.2, 0.25) is 0 Å². The van der Waals surface area contributed by atoms with E-state index >= 15 is 0 Å². The van der Waals surface area contributed by atoms with Gasteiger partial charge in [0.25, 0.3) is 5.91 Å². The molecule has 6 heteroatoms. The number of carbonyl (C=O) groups excluding carboxylic acids is 1. The van der Waals surface area contributed by atoms with Gasteiger partial charge in [0.1, 0.15) is 5.75 Å². The van der Waals surface area contributed by atoms with Crippen LogP contribution in [-0.4, -0.2) is 29.6 Å². The number of hydrogen-bond donors (Lipinski definition) is 2. The summed E-state index contributed by atoms with van der Waals surface area (Å²) in [6.07, 6.45) is 0.414. The molecule has 1 aromatic heterocycles. The van der Waals surface area contributed by atoms with Gasteiger partial charge >= 0.3 is 5.97 Å². The Morgan fingerprint density at radius 2 is 2.17 bits per heavy atom. The number of carboxylic acid groups (broad SMARTS) is 1. The number of amides is 1. The molecule has 0 saturated carbocycles. The molecular weight excluding hydrogens is 254 g/mol. The van der Waals surface area contributed by atoms with Crippen LogP contribution >= 0.6 is 11.3 Å². The summed E-state index contributed by atoms with van der Waals surface area (Å²) < 4.78 is 5.01. The Morgan fingerprint density at radius 1 is 1.50 bits per heavy atom. The van der Waals surface area contributed by atoms with Gasteiger partial charge in [0.15, 0.2) is 0 Å². The molecule has 0 fully saturated rings. The molecular formula is C12H17NO4S. The van der Waals surface area contributed by atoms with Crippen LogP contribution in [0.3, 0.4) is 0 Å². The molecule has 0 aliphatic carbocycles. The van der Waals surface area contributed by atoms with E-state index in [1.165, 1.54) is 11.3 Å². The summed E-state index contributed by atoms with van der Waals surface area (Å²) >= 11 is 1.29. The van der Waals surface area contributed by atoms with E-state index in [0.717, 1.165) is 0 Å². The largest absolute Gasteiger partial charge is 0.496 e. The number of aliphatic carboxylic acids is 1. The fourth-order valence-electron chi connectivity index (χ4n) is 1.40. The predicted octanol–water partition coefficient (Wildman–Crippen LogP) is 2.13. The molecule has 0 aliphatic heterocycles. The zero-order valence-electron chi connectivity index (χ0n) is 10.6. The number of nitrogens with one attached hydrogen (secondary N) is 1. The Labute approximate surface area is 110 Å². The van der Waals surface area contributed by atoms with E-state index in [2.05, 4.69) is 5.32 Å². The molecule has 2 N–H and O–H groups in total. The SMILES string of the molecule is COc1csc(C(=O)NC(C)(C)CCC(=O)O)c1. The minimum atomic E-state index is -0.866. The van der Waals surface area contributed by atoms with E-state index in [1.807, 2.05) is 0 Å². The number of carbonyl (C=O) groups is 2. The molecule has 0 aliphatic rings. The van der Waals surface area contributed by atoms with Crippen molar-refractivity contribution in [3.8, 4) is 5.75 Å². The third-order valence-electron chi connectivity index (χ3n) is 2.45. The van der Waals surface area contributed by atoms with Crippen molar-refractivity contribution in [1.29, 1.82) is 0 Å². The standard InChI is InChI=1S/C12H17NO4S/c1-12(2,5-4-10(14)15)13-11(16)9-6-8(17-3)7-18-9/h6-7H,4-5H2,1-3H3,(H,13,16)(H,14,15). The zero-order chi connectivity index (χ0) is 13.8. The third kappa shape index (κ3) is 4.37. The van der Waals surface area contributed by atoms with Crippen molar-refractivity contribution >= 4 is 23.2 Å². The van der Waals surface area contributed by atoms with Gasteiger partial charge in [-0.1, -0.05) is 0 Å². The molecule has 0 radical (unpaired) electrons. The van der Waals surface area contributed by atoms with Crippen molar-refractivity contribution in [3.05, 3.63) is 16.3 Å². The summed E-state index contributed by atoms with van der Waals surface area (Å²) in [5.74, 6) is -0.428. The Balaban J connectivity index is 2.60. The summed E-state index contributed by atoms with van der Waals surface area (Å²) in [4.78, 5) is 23.0. The molecule has 0 atom stereocenters. The Hall–Kier alpha value is -1.56. The maximum absolute atomic E-state index is 11.9. The van der Waals surface area contributed by atoms with Gasteiger partial charge in [-0.2, -0.15) is 0 Å². The Kier molecular flexibility index (Phi) is 4.72. The topological polar surface area (TPSA) is 75.6 Å². The minimum Gasteiger partial charge on any atom is -0.496 e. The average molecular weight is 271 g/mol. The summed E-state index contributed by atoms with van der Waals surface area (Å²) in [6, 6.07) is 1.66. The monoisotopic (exact) mass is 271 g/mol. The molecule has 5 nitrogen and oxygen atoms in total. The number of ether oxygens (including phenoxy) is 1. The first-order valence-electron chi connectivity index (χ1n) is 5.51. The highest BCUT2D eigenvalue weighted by Crippen LogP contribution is 2.22. The van der Waals surface area contributed by atoms with E-state index in [1.54, 1.807) is 32.4 Å². The molecule has 1 heterocycles. The summed E-state index contributed by atoms with van der Waals surface area (Å²) in [6.45, 7) is 3.61. The summed E-state index contributed by atoms with van der Waals surface area (Å²) in [5, 5.41) is 13.2. The van der Waals surface area contributed by atoms with Crippen LogP contribution in [0.2, 0.25) is 0 Å². The highest BCUT2D eigenvalue weighted by molar-refractivity contribution is 7.12. The molecule has 0 bridgehead atoms. The second kappa shape index (κ2) is 5.86. The first-order valence-corrected chi connectivity index (χ1v) is 6.39. The molecule has 0 unspecified atom stereocenters. The van der Waals surface area contributed by atoms with E-state index in [9.17, 15) is 9.59 Å². The van der Waals surface area contributed by atoms with Crippen molar-refractivity contribution in [2.75, 3.05) is 7.11 Å². The van der Waals surface area contributed by atoms with Crippen LogP contribution in [0.15, 0.2) is 11.4 Å². The average Bonchev–Trinajstić information content (AvgIpc) is 2.74. The zero-order valence-corrected chi connectivity index (χ0v) is 11.5. The Morgan fingerprint density at radius 3 is 2.67 bits per heavy atom. The number of rotatable bonds is 6. The lowest BCUT2D eigenvalue weighted by molar-refractivity contribution is -0.137. The molecule has 1 amide bonds. The van der Waals surface area contributed by atoms with Crippen molar-refractivity contribution in [1.82, 2.24) is 5.32 Å². The Bertz CT molecular complexity index is 439. The van der Waals surface area contributed by atoms with Crippen LogP contribution in [0.25, 0.3) is 0 Å². The van der Waals surface area contributed by atoms with Gasteiger partial charge in [-0.25, -0.2) is 0 Å². The van der Waals surface area contributed by atoms with Crippen molar-refractivity contribution in [2.24, 2.45) is 0 Å². The van der Waals surface area contributed by atoms with Crippen LogP contribution in [0.5, 0.6) is 5.75 Å². The molecule has 1 aromatic rings. The molecule has 0 saturated heterocycles. The van der Waals surface area contributed by atoms with Crippen LogP contribution < -0.4 is 10.1 Å². The maximum Gasteiger partial charge on any atom is 0.303 e. The fourth-order valence-corrected chi connectivity index (χ4v) is 2.15. The van der Waals surface area contributed by atoms with Crippen molar-refractivity contribution in [3.63, 3.8) is 0 Å². The van der Waals surface area contributed by atoms with Crippen LogP contribution in [0, 0.1) is 0 Å². The van der Waals surface area contributed by atoms with Crippen LogP contribution in [0.4, 0.5) is 0 Å². The third-order valence-corrected chi connectivity index (χ3v) is 3.36. The van der Waals surface area contributed by atoms with Gasteiger partial charge in [0, 0.05) is 23.4 Å². The molecule has 0 spiro atoms. The number of carboxylic acids is 1. The van der Waals surface area contributed by atoms with Crippen molar-refractivity contribution in [2.45, 2.75) is 32.2 Å². The smallest absolute Gasteiger partial charge is 0.303 e. The first kappa shape index (κ1) is 14.5. The quantitative estimate of drug-likeness (QED) is 0.831. The molecule has 18 heavy (non-hydrogen) atoms. The van der Waals surface area contributed by atoms with E-state index in [4.69, 9.17) is 9.84 Å². The van der Waals surface area contributed by atoms with Gasteiger partial charge in [-0.05, 0) is 20.3 Å². The lowest BCUT2D eigenvalue weighted by Crippen LogP contribution is -2.43. The second-order valence-corrected chi connectivity index (χ2v) is 5.49. The van der Waals surface area contributed by atoms with Crippen LogP contribution in [-0.2, 0) is 4.79 Å². The number of hydrogen-bond acceptors (Lipinski definition) is 4. The van der Waals surface area contributed by atoms with Crippen LogP contribution in [0.1, 0.15) is 36.4 Å². The second-order valence-electron chi connectivity index (χ2n) is 4.58. The minimum absolute atomic E-state index is 0.0288. The summed E-state index contributed by atoms with van der Waals surface area (Å²) in [7, 11) is 1.54. The normalized spacial score (nSPS) is 11.1. The first-order chi connectivity index (χ1) is 8.34. The summed E-state index contributed by atoms with van der Waals surface area (Å²) in [5.41, 5.74) is -0.549. The molecule has 0 aromatic carbocycles. The highest BCUT2D eigenvalue weighted by atomic mass is 32.1. The van der Waals surface area contributed by atoms with E-state index < -0.39 is 11.5 Å². The van der Waals surface area contributed by atoms with Crippen molar-refractivity contribution < 1.29 is 19.4 Å². The number of methoxy groups -OCH3 is 1.